The molecule has 3 heterocycles. The lowest BCUT2D eigenvalue weighted by Gasteiger charge is -2.41. The summed E-state index contributed by atoms with van der Waals surface area (Å²) in [7, 11) is 0. The maximum absolute atomic E-state index is 13.4. The summed E-state index contributed by atoms with van der Waals surface area (Å²) in [6.07, 6.45) is 0. The van der Waals surface area contributed by atoms with Crippen LogP contribution in [0.2, 0.25) is 0 Å². The second kappa shape index (κ2) is 8.97. The number of carbonyl (C=O) groups is 1. The van der Waals surface area contributed by atoms with Crippen molar-refractivity contribution in [1.29, 1.82) is 0 Å². The molecular weight excluding hydrogens is 358 g/mol. The molecule has 0 unspecified atom stereocenters. The highest BCUT2D eigenvalue weighted by molar-refractivity contribution is 7.09. The van der Waals surface area contributed by atoms with Crippen molar-refractivity contribution in [2.24, 2.45) is 0 Å². The molecule has 27 heavy (non-hydrogen) atoms. The van der Waals surface area contributed by atoms with Gasteiger partial charge in [-0.05, 0) is 17.0 Å². The standard InChI is InChI=1S/C21H27N3O2S/c25-21(24-12-14-26-15-13-24)20(18-5-2-1-3-6-18)23-10-8-22(9-11-23)17-19-7-4-16-27-19/h1-7,16,20H,8-15,17H2/t20-/m1/s1. The summed E-state index contributed by atoms with van der Waals surface area (Å²) in [5, 5.41) is 2.14. The fraction of sp³-hybridized carbons (Fsp3) is 0.476. The summed E-state index contributed by atoms with van der Waals surface area (Å²) in [5.74, 6) is 0.219. The molecule has 0 radical (unpaired) electrons. The molecule has 1 aromatic carbocycles. The minimum atomic E-state index is -0.187. The third-order valence-electron chi connectivity index (χ3n) is 5.40. The van der Waals surface area contributed by atoms with Gasteiger partial charge in [0.1, 0.15) is 6.04 Å². The van der Waals surface area contributed by atoms with Crippen molar-refractivity contribution in [3.05, 3.63) is 58.3 Å². The minimum Gasteiger partial charge on any atom is -0.378 e. The molecule has 5 nitrogen and oxygen atoms in total. The number of benzene rings is 1. The highest BCUT2D eigenvalue weighted by atomic mass is 32.1. The van der Waals surface area contributed by atoms with Crippen LogP contribution >= 0.6 is 11.3 Å². The number of morpholine rings is 1. The maximum atomic E-state index is 13.4. The molecule has 2 fully saturated rings. The highest BCUT2D eigenvalue weighted by Gasteiger charge is 2.33. The Bertz CT molecular complexity index is 708. The van der Waals surface area contributed by atoms with Gasteiger partial charge in [-0.1, -0.05) is 36.4 Å². The Morgan fingerprint density at radius 3 is 2.37 bits per heavy atom. The summed E-state index contributed by atoms with van der Waals surface area (Å²) in [4.78, 5) is 21.6. The molecule has 0 saturated carbocycles. The summed E-state index contributed by atoms with van der Waals surface area (Å²) in [5.41, 5.74) is 1.10. The van der Waals surface area contributed by atoms with Gasteiger partial charge in [0.15, 0.2) is 0 Å². The van der Waals surface area contributed by atoms with Crippen LogP contribution in [-0.2, 0) is 16.1 Å². The summed E-state index contributed by atoms with van der Waals surface area (Å²) < 4.78 is 5.43. The van der Waals surface area contributed by atoms with Gasteiger partial charge >= 0.3 is 0 Å². The van der Waals surface area contributed by atoms with E-state index in [2.05, 4.69) is 39.4 Å². The molecular formula is C21H27N3O2S. The van der Waals surface area contributed by atoms with Crippen LogP contribution in [0.25, 0.3) is 0 Å². The zero-order valence-corrected chi connectivity index (χ0v) is 16.4. The first-order valence-electron chi connectivity index (χ1n) is 9.71. The average molecular weight is 386 g/mol. The fourth-order valence-electron chi connectivity index (χ4n) is 3.90. The Hall–Kier alpha value is -1.73. The zero-order chi connectivity index (χ0) is 18.5. The number of hydrogen-bond acceptors (Lipinski definition) is 5. The third kappa shape index (κ3) is 4.58. The van der Waals surface area contributed by atoms with Crippen LogP contribution in [0.3, 0.4) is 0 Å². The maximum Gasteiger partial charge on any atom is 0.244 e. The molecule has 6 heteroatoms. The number of hydrogen-bond donors (Lipinski definition) is 0. The van der Waals surface area contributed by atoms with Crippen molar-refractivity contribution in [3.8, 4) is 0 Å². The van der Waals surface area contributed by atoms with Gasteiger partial charge in [-0.15, -0.1) is 11.3 Å². The normalized spacial score (nSPS) is 20.5. The van der Waals surface area contributed by atoms with Crippen LogP contribution in [0.15, 0.2) is 47.8 Å². The lowest BCUT2D eigenvalue weighted by molar-refractivity contribution is -0.142. The molecule has 0 aliphatic carbocycles. The van der Waals surface area contributed by atoms with Gasteiger partial charge in [0, 0.05) is 50.7 Å². The van der Waals surface area contributed by atoms with Crippen molar-refractivity contribution in [3.63, 3.8) is 0 Å². The van der Waals surface area contributed by atoms with Crippen LogP contribution in [0.4, 0.5) is 0 Å². The van der Waals surface area contributed by atoms with Crippen LogP contribution in [0.1, 0.15) is 16.5 Å². The van der Waals surface area contributed by atoms with E-state index in [-0.39, 0.29) is 11.9 Å². The molecule has 2 saturated heterocycles. The number of amides is 1. The van der Waals surface area contributed by atoms with Gasteiger partial charge in [-0.3, -0.25) is 14.6 Å². The van der Waals surface area contributed by atoms with Gasteiger partial charge in [-0.2, -0.15) is 0 Å². The number of carbonyl (C=O) groups excluding carboxylic acids is 1. The van der Waals surface area contributed by atoms with Gasteiger partial charge in [0.05, 0.1) is 13.2 Å². The molecule has 144 valence electrons. The Morgan fingerprint density at radius 1 is 0.963 bits per heavy atom. The zero-order valence-electron chi connectivity index (χ0n) is 15.6. The quantitative estimate of drug-likeness (QED) is 0.792. The highest BCUT2D eigenvalue weighted by Crippen LogP contribution is 2.26. The average Bonchev–Trinajstić information content (AvgIpc) is 3.24. The number of nitrogens with zero attached hydrogens (tertiary/aromatic N) is 3. The molecule has 0 bridgehead atoms. The van der Waals surface area contributed by atoms with Gasteiger partial charge in [-0.25, -0.2) is 0 Å². The smallest absolute Gasteiger partial charge is 0.244 e. The van der Waals surface area contributed by atoms with E-state index in [1.807, 2.05) is 34.4 Å². The molecule has 0 N–H and O–H groups in total. The Morgan fingerprint density at radius 2 is 1.70 bits per heavy atom. The van der Waals surface area contributed by atoms with E-state index in [0.29, 0.717) is 26.3 Å². The second-order valence-electron chi connectivity index (χ2n) is 7.14. The van der Waals surface area contributed by atoms with Crippen molar-refractivity contribution in [2.75, 3.05) is 52.5 Å². The number of ether oxygens (including phenoxy) is 1. The lowest BCUT2D eigenvalue weighted by Crippen LogP contribution is -2.52. The molecule has 2 aliphatic rings. The van der Waals surface area contributed by atoms with E-state index >= 15 is 0 Å². The van der Waals surface area contributed by atoms with Gasteiger partial charge in [0.25, 0.3) is 0 Å². The van der Waals surface area contributed by atoms with Crippen LogP contribution in [0.5, 0.6) is 0 Å². The summed E-state index contributed by atoms with van der Waals surface area (Å²) in [6, 6.07) is 14.4. The first-order valence-corrected chi connectivity index (χ1v) is 10.6. The molecule has 4 rings (SSSR count). The van der Waals surface area contributed by atoms with E-state index < -0.39 is 0 Å². The second-order valence-corrected chi connectivity index (χ2v) is 8.17. The molecule has 1 aromatic heterocycles. The molecule has 2 aromatic rings. The molecule has 1 amide bonds. The first-order chi connectivity index (χ1) is 13.3. The van der Waals surface area contributed by atoms with E-state index in [4.69, 9.17) is 4.74 Å². The predicted octanol–water partition coefficient (Wildman–Crippen LogP) is 2.47. The summed E-state index contributed by atoms with van der Waals surface area (Å²) in [6.45, 7) is 7.51. The molecule has 0 spiro atoms. The number of rotatable bonds is 5. The Kier molecular flexibility index (Phi) is 6.19. The Labute approximate surface area is 165 Å². The van der Waals surface area contributed by atoms with Gasteiger partial charge < -0.3 is 9.64 Å². The SMILES string of the molecule is O=C([C@@H](c1ccccc1)N1CCN(Cc2cccs2)CC1)N1CCOCC1. The van der Waals surface area contributed by atoms with Crippen LogP contribution in [0, 0.1) is 0 Å². The predicted molar refractivity (Wildman–Crippen MR) is 108 cm³/mol. The van der Waals surface area contributed by atoms with Crippen LogP contribution in [-0.4, -0.2) is 73.1 Å². The fourth-order valence-corrected chi connectivity index (χ4v) is 4.65. The van der Waals surface area contributed by atoms with Crippen molar-refractivity contribution >= 4 is 17.2 Å². The number of piperazine rings is 1. The molecule has 1 atom stereocenters. The minimum absolute atomic E-state index is 0.187. The van der Waals surface area contributed by atoms with Crippen molar-refractivity contribution < 1.29 is 9.53 Å². The van der Waals surface area contributed by atoms with Crippen molar-refractivity contribution in [2.45, 2.75) is 12.6 Å². The Balaban J connectivity index is 1.45. The monoisotopic (exact) mass is 385 g/mol. The topological polar surface area (TPSA) is 36.0 Å². The van der Waals surface area contributed by atoms with Crippen molar-refractivity contribution in [1.82, 2.24) is 14.7 Å². The van der Waals surface area contributed by atoms with E-state index in [0.717, 1.165) is 38.3 Å². The number of thiophene rings is 1. The van der Waals surface area contributed by atoms with E-state index in [9.17, 15) is 4.79 Å². The first kappa shape index (κ1) is 18.6. The van der Waals surface area contributed by atoms with Gasteiger partial charge in [0.2, 0.25) is 5.91 Å². The lowest BCUT2D eigenvalue weighted by atomic mass is 10.0. The third-order valence-corrected chi connectivity index (χ3v) is 6.26. The largest absolute Gasteiger partial charge is 0.378 e. The van der Waals surface area contributed by atoms with E-state index in [1.165, 1.54) is 4.88 Å². The molecule has 2 aliphatic heterocycles. The summed E-state index contributed by atoms with van der Waals surface area (Å²) >= 11 is 1.82. The van der Waals surface area contributed by atoms with Crippen LogP contribution < -0.4 is 0 Å². The van der Waals surface area contributed by atoms with E-state index in [1.54, 1.807) is 0 Å².